The third-order valence-corrected chi connectivity index (χ3v) is 5.11. The first-order valence-electron chi connectivity index (χ1n) is 7.34. The van der Waals surface area contributed by atoms with E-state index in [1.54, 1.807) is 0 Å². The first-order valence-corrected chi connectivity index (χ1v) is 7.34. The Balaban J connectivity index is 1.76. The number of hydrogen-bond acceptors (Lipinski definition) is 4. The number of carbonyl (C=O) groups excluding carboxylic acids is 2. The average Bonchev–Trinajstić information content (AvgIpc) is 2.86. The van der Waals surface area contributed by atoms with Crippen molar-refractivity contribution in [2.45, 2.75) is 38.8 Å². The molecule has 5 rings (SSSR count). The second-order valence-electron chi connectivity index (χ2n) is 6.58. The summed E-state index contributed by atoms with van der Waals surface area (Å²) in [7, 11) is 0. The van der Waals surface area contributed by atoms with E-state index in [1.807, 2.05) is 20.8 Å². The molecule has 2 heterocycles. The molecule has 5 heteroatoms. The standard InChI is InChI=1S/C15H19NO4/c1-4-16-13(17)9-7-5-6-8(10(9)14(16)18)12-11(7)19-15(2,3)20-12/h5-12H,4H2,1-3H3/t7-,8+,9+,10-,11+,12-. The third-order valence-electron chi connectivity index (χ3n) is 5.11. The number of imide groups is 1. The monoisotopic (exact) mass is 277 g/mol. The number of rotatable bonds is 1. The summed E-state index contributed by atoms with van der Waals surface area (Å²) >= 11 is 0. The molecule has 0 aromatic rings. The maximum atomic E-state index is 12.5. The zero-order chi connectivity index (χ0) is 14.2. The zero-order valence-electron chi connectivity index (χ0n) is 11.9. The normalized spacial score (nSPS) is 47.9. The van der Waals surface area contributed by atoms with Gasteiger partial charge in [0.25, 0.3) is 0 Å². The van der Waals surface area contributed by atoms with Crippen LogP contribution >= 0.6 is 0 Å². The molecule has 0 spiro atoms. The van der Waals surface area contributed by atoms with Crippen molar-refractivity contribution in [1.82, 2.24) is 4.90 Å². The van der Waals surface area contributed by atoms with E-state index in [0.717, 1.165) is 0 Å². The number of carbonyl (C=O) groups is 2. The van der Waals surface area contributed by atoms with Crippen LogP contribution in [0, 0.1) is 23.7 Å². The van der Waals surface area contributed by atoms with Gasteiger partial charge in [-0.2, -0.15) is 0 Å². The van der Waals surface area contributed by atoms with Crippen LogP contribution in [0.4, 0.5) is 0 Å². The highest BCUT2D eigenvalue weighted by molar-refractivity contribution is 6.06. The van der Waals surface area contributed by atoms with Crippen molar-refractivity contribution in [2.75, 3.05) is 6.54 Å². The molecule has 0 aromatic carbocycles. The van der Waals surface area contributed by atoms with Gasteiger partial charge in [0.15, 0.2) is 5.79 Å². The van der Waals surface area contributed by atoms with Crippen LogP contribution in [0.25, 0.3) is 0 Å². The smallest absolute Gasteiger partial charge is 0.233 e. The molecule has 0 radical (unpaired) electrons. The van der Waals surface area contributed by atoms with Crippen molar-refractivity contribution < 1.29 is 19.1 Å². The number of ether oxygens (including phenoxy) is 2. The summed E-state index contributed by atoms with van der Waals surface area (Å²) in [5, 5.41) is 0. The predicted octanol–water partition coefficient (Wildman–Crippen LogP) is 0.943. The lowest BCUT2D eigenvalue weighted by Crippen LogP contribution is -2.54. The molecular weight excluding hydrogens is 258 g/mol. The summed E-state index contributed by atoms with van der Waals surface area (Å²) < 4.78 is 12.0. The second-order valence-corrected chi connectivity index (χ2v) is 6.58. The topological polar surface area (TPSA) is 55.8 Å². The Kier molecular flexibility index (Phi) is 2.32. The van der Waals surface area contributed by atoms with Crippen LogP contribution in [0.1, 0.15) is 20.8 Å². The first kappa shape index (κ1) is 12.5. The summed E-state index contributed by atoms with van der Waals surface area (Å²) in [6, 6.07) is 0. The van der Waals surface area contributed by atoms with Gasteiger partial charge in [-0.1, -0.05) is 12.2 Å². The number of likely N-dealkylation sites (tertiary alicyclic amines) is 1. The van der Waals surface area contributed by atoms with E-state index in [1.165, 1.54) is 4.90 Å². The van der Waals surface area contributed by atoms with Crippen molar-refractivity contribution in [3.63, 3.8) is 0 Å². The molecule has 3 aliphatic carbocycles. The minimum absolute atomic E-state index is 0.0337. The Morgan fingerprint density at radius 2 is 1.50 bits per heavy atom. The molecule has 108 valence electrons. The van der Waals surface area contributed by atoms with Gasteiger partial charge in [-0.15, -0.1) is 0 Å². The maximum Gasteiger partial charge on any atom is 0.233 e. The van der Waals surface area contributed by atoms with Gasteiger partial charge in [0.2, 0.25) is 11.8 Å². The van der Waals surface area contributed by atoms with Crippen molar-refractivity contribution >= 4 is 11.8 Å². The quantitative estimate of drug-likeness (QED) is 0.529. The van der Waals surface area contributed by atoms with Crippen LogP contribution < -0.4 is 0 Å². The van der Waals surface area contributed by atoms with Crippen LogP contribution in [0.15, 0.2) is 12.2 Å². The zero-order valence-corrected chi connectivity index (χ0v) is 11.9. The van der Waals surface area contributed by atoms with Crippen LogP contribution in [0.5, 0.6) is 0 Å². The van der Waals surface area contributed by atoms with Gasteiger partial charge in [0, 0.05) is 18.4 Å². The van der Waals surface area contributed by atoms with E-state index in [4.69, 9.17) is 9.47 Å². The minimum atomic E-state index is -0.632. The Morgan fingerprint density at radius 3 is 1.90 bits per heavy atom. The van der Waals surface area contributed by atoms with E-state index >= 15 is 0 Å². The molecule has 2 aliphatic heterocycles. The molecule has 6 atom stereocenters. The fourth-order valence-electron chi connectivity index (χ4n) is 4.43. The van der Waals surface area contributed by atoms with Gasteiger partial charge in [-0.05, 0) is 20.8 Å². The largest absolute Gasteiger partial charge is 0.344 e. The molecule has 5 nitrogen and oxygen atoms in total. The fraction of sp³-hybridized carbons (Fsp3) is 0.733. The number of amides is 2. The van der Waals surface area contributed by atoms with Gasteiger partial charge in [-0.25, -0.2) is 0 Å². The minimum Gasteiger partial charge on any atom is -0.344 e. The molecule has 0 N–H and O–H groups in total. The van der Waals surface area contributed by atoms with Gasteiger partial charge in [0.05, 0.1) is 24.0 Å². The lowest BCUT2D eigenvalue weighted by Gasteiger charge is -2.44. The van der Waals surface area contributed by atoms with Crippen molar-refractivity contribution in [1.29, 1.82) is 0 Å². The van der Waals surface area contributed by atoms with E-state index in [0.29, 0.717) is 6.54 Å². The van der Waals surface area contributed by atoms with E-state index in [-0.39, 0.29) is 47.7 Å². The predicted molar refractivity (Wildman–Crippen MR) is 69.3 cm³/mol. The Bertz CT molecular complexity index is 484. The highest BCUT2D eigenvalue weighted by Gasteiger charge is 2.65. The molecule has 2 bridgehead atoms. The molecule has 2 saturated heterocycles. The van der Waals surface area contributed by atoms with Crippen molar-refractivity contribution in [2.24, 2.45) is 23.7 Å². The summed E-state index contributed by atoms with van der Waals surface area (Å²) in [6.07, 6.45) is 3.91. The van der Waals surface area contributed by atoms with Gasteiger partial charge in [0.1, 0.15) is 0 Å². The molecule has 0 aromatic heterocycles. The van der Waals surface area contributed by atoms with Crippen LogP contribution in [0.3, 0.4) is 0 Å². The van der Waals surface area contributed by atoms with E-state index < -0.39 is 5.79 Å². The van der Waals surface area contributed by atoms with E-state index in [9.17, 15) is 9.59 Å². The molecule has 0 unspecified atom stereocenters. The molecule has 20 heavy (non-hydrogen) atoms. The van der Waals surface area contributed by atoms with Crippen molar-refractivity contribution in [3.8, 4) is 0 Å². The van der Waals surface area contributed by atoms with Crippen LogP contribution in [-0.4, -0.2) is 41.3 Å². The lowest BCUT2D eigenvalue weighted by molar-refractivity contribution is -0.152. The summed E-state index contributed by atoms with van der Waals surface area (Å²) in [5.41, 5.74) is 0. The molecular formula is C15H19NO4. The highest BCUT2D eigenvalue weighted by Crippen LogP contribution is 2.55. The fourth-order valence-corrected chi connectivity index (χ4v) is 4.43. The molecule has 2 amide bonds. The summed E-state index contributed by atoms with van der Waals surface area (Å²) in [6.45, 7) is 6.08. The Labute approximate surface area is 117 Å². The van der Waals surface area contributed by atoms with Gasteiger partial charge >= 0.3 is 0 Å². The average molecular weight is 277 g/mol. The maximum absolute atomic E-state index is 12.5. The Morgan fingerprint density at radius 1 is 1.05 bits per heavy atom. The number of hydrogen-bond donors (Lipinski definition) is 0. The van der Waals surface area contributed by atoms with Gasteiger partial charge < -0.3 is 9.47 Å². The van der Waals surface area contributed by atoms with Crippen LogP contribution in [0.2, 0.25) is 0 Å². The second kappa shape index (κ2) is 3.71. The Hall–Kier alpha value is -1.20. The molecule has 3 fully saturated rings. The third kappa shape index (κ3) is 1.35. The number of nitrogens with zero attached hydrogens (tertiary/aromatic N) is 1. The van der Waals surface area contributed by atoms with Crippen LogP contribution in [-0.2, 0) is 19.1 Å². The van der Waals surface area contributed by atoms with Gasteiger partial charge in [-0.3, -0.25) is 14.5 Å². The summed E-state index contributed by atoms with van der Waals surface area (Å²) in [4.78, 5) is 26.4. The molecule has 5 aliphatic rings. The van der Waals surface area contributed by atoms with E-state index in [2.05, 4.69) is 12.2 Å². The van der Waals surface area contributed by atoms with Crippen molar-refractivity contribution in [3.05, 3.63) is 12.2 Å². The lowest BCUT2D eigenvalue weighted by atomic mass is 9.60. The SMILES string of the molecule is CCN1C(=O)[C@@H]2[C@@H]3C=C[C@@H]([C@@H]4OC(C)(C)O[C@H]34)[C@@H]2C1=O. The molecule has 1 saturated carbocycles. The summed E-state index contributed by atoms with van der Waals surface area (Å²) in [5.74, 6) is -1.28. The highest BCUT2D eigenvalue weighted by atomic mass is 16.8. The first-order chi connectivity index (χ1) is 9.44.